The van der Waals surface area contributed by atoms with Crippen LogP contribution in [-0.2, 0) is 0 Å². The summed E-state index contributed by atoms with van der Waals surface area (Å²) in [5.74, 6) is 2.33. The normalized spacial score (nSPS) is 10.2. The highest BCUT2D eigenvalue weighted by Crippen LogP contribution is 2.24. The van der Waals surface area contributed by atoms with Crippen molar-refractivity contribution >= 4 is 40.0 Å². The fourth-order valence-electron chi connectivity index (χ4n) is 1.20. The van der Waals surface area contributed by atoms with E-state index in [2.05, 4.69) is 22.5 Å². The zero-order chi connectivity index (χ0) is 12.7. The van der Waals surface area contributed by atoms with Crippen molar-refractivity contribution in [3.8, 4) is 0 Å². The van der Waals surface area contributed by atoms with Gasteiger partial charge in [0.15, 0.2) is 5.13 Å². The van der Waals surface area contributed by atoms with Crippen molar-refractivity contribution in [2.45, 2.75) is 13.3 Å². The minimum absolute atomic E-state index is 0.136. The molecule has 1 aromatic rings. The second-order valence-corrected chi connectivity index (χ2v) is 5.68. The van der Waals surface area contributed by atoms with Crippen LogP contribution in [0.1, 0.15) is 23.0 Å². The molecular weight excluding hydrogens is 256 g/mol. The van der Waals surface area contributed by atoms with Gasteiger partial charge in [0, 0.05) is 13.6 Å². The Labute approximate surface area is 110 Å². The molecule has 0 aliphatic carbocycles. The Kier molecular flexibility index (Phi) is 6.13. The van der Waals surface area contributed by atoms with Crippen molar-refractivity contribution in [3.05, 3.63) is 4.88 Å². The summed E-state index contributed by atoms with van der Waals surface area (Å²) in [6.45, 7) is 2.80. The zero-order valence-corrected chi connectivity index (χ0v) is 11.7. The minimum atomic E-state index is -0.136. The van der Waals surface area contributed by atoms with Gasteiger partial charge in [-0.2, -0.15) is 11.8 Å². The van der Waals surface area contributed by atoms with Crippen molar-refractivity contribution in [2.75, 3.05) is 36.1 Å². The predicted molar refractivity (Wildman–Crippen MR) is 76.0 cm³/mol. The highest BCUT2D eigenvalue weighted by Gasteiger charge is 2.14. The molecule has 0 saturated carbocycles. The van der Waals surface area contributed by atoms with Gasteiger partial charge in [-0.3, -0.25) is 4.79 Å². The third kappa shape index (κ3) is 4.43. The van der Waals surface area contributed by atoms with Crippen molar-refractivity contribution < 1.29 is 4.79 Å². The lowest BCUT2D eigenvalue weighted by Crippen LogP contribution is -2.24. The molecule has 4 N–H and O–H groups in total. The molecular formula is C10H18N4OS2. The van der Waals surface area contributed by atoms with E-state index in [9.17, 15) is 4.79 Å². The molecule has 1 amide bonds. The molecule has 0 atom stereocenters. The molecule has 0 spiro atoms. The fraction of sp³-hybridized carbons (Fsp3) is 0.600. The average Bonchev–Trinajstić information content (AvgIpc) is 2.70. The summed E-state index contributed by atoms with van der Waals surface area (Å²) in [5, 5.41) is 6.38. The van der Waals surface area contributed by atoms with E-state index >= 15 is 0 Å². The molecule has 0 bridgehead atoms. The van der Waals surface area contributed by atoms with Gasteiger partial charge in [0.05, 0.1) is 0 Å². The van der Waals surface area contributed by atoms with Gasteiger partial charge in [-0.25, -0.2) is 4.98 Å². The Morgan fingerprint density at radius 2 is 2.35 bits per heavy atom. The number of nitrogens with zero attached hydrogens (tertiary/aromatic N) is 1. The van der Waals surface area contributed by atoms with Gasteiger partial charge < -0.3 is 16.4 Å². The molecule has 1 aromatic heterocycles. The largest absolute Gasteiger partial charge is 0.382 e. The average molecular weight is 274 g/mol. The number of carbonyl (C=O) groups excluding carboxylic acids is 1. The lowest BCUT2D eigenvalue weighted by Gasteiger charge is -2.03. The van der Waals surface area contributed by atoms with Crippen molar-refractivity contribution in [3.63, 3.8) is 0 Å². The summed E-state index contributed by atoms with van der Waals surface area (Å²) in [6, 6.07) is 0. The first-order valence-corrected chi connectivity index (χ1v) is 7.46. The number of nitrogen functional groups attached to an aromatic ring is 1. The molecule has 0 saturated heterocycles. The van der Waals surface area contributed by atoms with E-state index in [1.54, 1.807) is 7.05 Å². The smallest absolute Gasteiger partial charge is 0.265 e. The summed E-state index contributed by atoms with van der Waals surface area (Å²) in [6.07, 6.45) is 0.974. The molecule has 0 fully saturated rings. The fourth-order valence-corrected chi connectivity index (χ4v) is 2.59. The predicted octanol–water partition coefficient (Wildman–Crippen LogP) is 1.64. The van der Waals surface area contributed by atoms with Gasteiger partial charge >= 0.3 is 0 Å². The van der Waals surface area contributed by atoms with Crippen LogP contribution in [0.2, 0.25) is 0 Å². The number of aromatic nitrogens is 1. The molecule has 5 nitrogen and oxygen atoms in total. The molecule has 0 radical (unpaired) electrons. The summed E-state index contributed by atoms with van der Waals surface area (Å²) in [5.41, 5.74) is 5.66. The maximum atomic E-state index is 11.8. The van der Waals surface area contributed by atoms with Gasteiger partial charge in [-0.1, -0.05) is 18.3 Å². The third-order valence-electron chi connectivity index (χ3n) is 2.03. The van der Waals surface area contributed by atoms with Crippen LogP contribution in [0, 0.1) is 0 Å². The lowest BCUT2D eigenvalue weighted by molar-refractivity contribution is 0.0958. The quantitative estimate of drug-likeness (QED) is 0.659. The molecule has 0 aliphatic heterocycles. The number of nitrogens with one attached hydrogen (secondary N) is 2. The van der Waals surface area contributed by atoms with Gasteiger partial charge in [0.1, 0.15) is 10.7 Å². The van der Waals surface area contributed by atoms with E-state index in [1.165, 1.54) is 11.3 Å². The summed E-state index contributed by atoms with van der Waals surface area (Å²) < 4.78 is 0. The van der Waals surface area contributed by atoms with E-state index < -0.39 is 0 Å². The third-order valence-corrected chi connectivity index (χ3v) is 4.10. The van der Waals surface area contributed by atoms with Crippen molar-refractivity contribution in [1.82, 2.24) is 10.3 Å². The molecule has 0 aliphatic rings. The second kappa shape index (κ2) is 7.39. The van der Waals surface area contributed by atoms with E-state index in [4.69, 9.17) is 5.73 Å². The van der Waals surface area contributed by atoms with Crippen LogP contribution >= 0.6 is 23.1 Å². The monoisotopic (exact) mass is 274 g/mol. The Morgan fingerprint density at radius 3 is 2.94 bits per heavy atom. The molecule has 96 valence electrons. The van der Waals surface area contributed by atoms with Crippen molar-refractivity contribution in [2.24, 2.45) is 0 Å². The molecule has 1 heterocycles. The number of thiazole rings is 1. The standard InChI is InChI=1S/C10H18N4OS2/c1-3-16-6-4-5-13-9(15)7-8(11)14-10(12-2)17-7/h3-6,11H2,1-2H3,(H,12,14)(H,13,15). The van der Waals surface area contributed by atoms with Gasteiger partial charge in [0.2, 0.25) is 0 Å². The minimum Gasteiger partial charge on any atom is -0.382 e. The Hall–Kier alpha value is -0.950. The maximum absolute atomic E-state index is 11.8. The first-order chi connectivity index (χ1) is 8.19. The van der Waals surface area contributed by atoms with Crippen LogP contribution in [0.4, 0.5) is 10.9 Å². The number of rotatable bonds is 7. The van der Waals surface area contributed by atoms with E-state index in [0.29, 0.717) is 22.4 Å². The van der Waals surface area contributed by atoms with Gasteiger partial charge in [0.25, 0.3) is 5.91 Å². The number of hydrogen-bond donors (Lipinski definition) is 3. The molecule has 0 aromatic carbocycles. The van der Waals surface area contributed by atoms with E-state index in [1.807, 2.05) is 11.8 Å². The van der Waals surface area contributed by atoms with Crippen LogP contribution in [0.3, 0.4) is 0 Å². The molecule has 17 heavy (non-hydrogen) atoms. The lowest BCUT2D eigenvalue weighted by atomic mass is 10.4. The summed E-state index contributed by atoms with van der Waals surface area (Å²) >= 11 is 3.14. The second-order valence-electron chi connectivity index (χ2n) is 3.29. The number of amides is 1. The number of nitrogens with two attached hydrogens (primary N) is 1. The number of thioether (sulfide) groups is 1. The SMILES string of the molecule is CCSCCCNC(=O)c1sc(NC)nc1N. The Morgan fingerprint density at radius 1 is 1.59 bits per heavy atom. The maximum Gasteiger partial charge on any atom is 0.265 e. The van der Waals surface area contributed by atoms with E-state index in [-0.39, 0.29) is 5.91 Å². The topological polar surface area (TPSA) is 80.0 Å². The van der Waals surface area contributed by atoms with Crippen LogP contribution in [0.25, 0.3) is 0 Å². The summed E-state index contributed by atoms with van der Waals surface area (Å²) in [7, 11) is 1.75. The summed E-state index contributed by atoms with van der Waals surface area (Å²) in [4.78, 5) is 16.3. The molecule has 7 heteroatoms. The van der Waals surface area contributed by atoms with Crippen LogP contribution in [-0.4, -0.2) is 36.0 Å². The Bertz CT molecular complexity index is 367. The molecule has 1 rings (SSSR count). The highest BCUT2D eigenvalue weighted by molar-refractivity contribution is 7.99. The first kappa shape index (κ1) is 14.1. The van der Waals surface area contributed by atoms with Gasteiger partial charge in [-0.15, -0.1) is 0 Å². The number of carbonyl (C=O) groups is 1. The van der Waals surface area contributed by atoms with Crippen LogP contribution < -0.4 is 16.4 Å². The number of hydrogen-bond acceptors (Lipinski definition) is 6. The van der Waals surface area contributed by atoms with E-state index in [0.717, 1.165) is 17.9 Å². The first-order valence-electron chi connectivity index (χ1n) is 5.49. The number of anilines is 2. The van der Waals surface area contributed by atoms with Crippen LogP contribution in [0.15, 0.2) is 0 Å². The van der Waals surface area contributed by atoms with Gasteiger partial charge in [-0.05, 0) is 17.9 Å². The Balaban J connectivity index is 2.38. The zero-order valence-electron chi connectivity index (χ0n) is 10.1. The van der Waals surface area contributed by atoms with Crippen LogP contribution in [0.5, 0.6) is 0 Å². The molecule has 0 unspecified atom stereocenters. The van der Waals surface area contributed by atoms with Crippen molar-refractivity contribution in [1.29, 1.82) is 0 Å². The highest BCUT2D eigenvalue weighted by atomic mass is 32.2.